The number of rotatable bonds is 9. The molecule has 2 unspecified atom stereocenters. The zero-order chi connectivity index (χ0) is 26.4. The molecular weight excluding hydrogens is 488 g/mol. The van der Waals surface area contributed by atoms with Crippen LogP contribution in [0.5, 0.6) is 5.75 Å². The van der Waals surface area contributed by atoms with E-state index in [4.69, 9.17) is 10.5 Å². The van der Waals surface area contributed by atoms with Crippen molar-refractivity contribution in [1.29, 1.82) is 0 Å². The van der Waals surface area contributed by atoms with E-state index in [1.165, 1.54) is 11.3 Å². The van der Waals surface area contributed by atoms with E-state index in [0.717, 1.165) is 11.1 Å². The Balaban J connectivity index is 1.66. The minimum atomic E-state index is -0.714. The Morgan fingerprint density at radius 3 is 2.59 bits per heavy atom. The van der Waals surface area contributed by atoms with Crippen LogP contribution < -0.4 is 15.8 Å². The number of ether oxygens (including phenoxy) is 1. The molecule has 0 spiro atoms. The van der Waals surface area contributed by atoms with Gasteiger partial charge in [-0.3, -0.25) is 14.4 Å². The normalized spacial score (nSPS) is 16.9. The van der Waals surface area contributed by atoms with Crippen LogP contribution in [0.4, 0.5) is 0 Å². The van der Waals surface area contributed by atoms with E-state index >= 15 is 0 Å². The van der Waals surface area contributed by atoms with Crippen LogP contribution in [0.3, 0.4) is 0 Å². The number of likely N-dealkylation sites (tertiary alicyclic amines) is 1. The number of nitrogens with one attached hydrogen (secondary N) is 1. The Morgan fingerprint density at radius 1 is 1.14 bits per heavy atom. The van der Waals surface area contributed by atoms with E-state index in [1.54, 1.807) is 35.1 Å². The van der Waals surface area contributed by atoms with Gasteiger partial charge in [-0.2, -0.15) is 0 Å². The molecule has 1 aromatic heterocycles. The van der Waals surface area contributed by atoms with Crippen molar-refractivity contribution < 1.29 is 19.1 Å². The third kappa shape index (κ3) is 6.18. The Kier molecular flexibility index (Phi) is 8.58. The van der Waals surface area contributed by atoms with Gasteiger partial charge in [-0.05, 0) is 54.6 Å². The molecule has 2 aromatic carbocycles. The molecule has 0 saturated carbocycles. The number of amides is 3. The zero-order valence-electron chi connectivity index (χ0n) is 21.1. The highest BCUT2D eigenvalue weighted by atomic mass is 32.1. The quantitative estimate of drug-likeness (QED) is 0.451. The number of aryl methyl sites for hydroxylation is 1. The lowest BCUT2D eigenvalue weighted by Gasteiger charge is -2.29. The summed E-state index contributed by atoms with van der Waals surface area (Å²) in [5.41, 5.74) is 8.04. The molecule has 2 atom stereocenters. The molecule has 1 saturated heterocycles. The van der Waals surface area contributed by atoms with Gasteiger partial charge in [-0.1, -0.05) is 35.9 Å². The molecule has 0 radical (unpaired) electrons. The van der Waals surface area contributed by atoms with Crippen molar-refractivity contribution in [2.24, 2.45) is 5.73 Å². The maximum Gasteiger partial charge on any atom is 0.264 e. The van der Waals surface area contributed by atoms with Gasteiger partial charge in [0.05, 0.1) is 18.0 Å². The molecule has 3 aromatic rings. The van der Waals surface area contributed by atoms with Crippen molar-refractivity contribution >= 4 is 29.1 Å². The molecule has 2 heterocycles. The molecule has 3 amide bonds. The summed E-state index contributed by atoms with van der Waals surface area (Å²) in [6, 6.07) is 17.4. The fourth-order valence-corrected chi connectivity index (χ4v) is 5.24. The first-order valence-corrected chi connectivity index (χ1v) is 13.1. The van der Waals surface area contributed by atoms with Crippen molar-refractivity contribution in [3.8, 4) is 5.75 Å². The first-order valence-electron chi connectivity index (χ1n) is 12.2. The summed E-state index contributed by atoms with van der Waals surface area (Å²) in [7, 11) is 1.60. The van der Waals surface area contributed by atoms with Gasteiger partial charge in [0.15, 0.2) is 0 Å². The van der Waals surface area contributed by atoms with Crippen molar-refractivity contribution in [3.05, 3.63) is 87.6 Å². The number of nitrogens with zero attached hydrogens (tertiary/aromatic N) is 2. The minimum Gasteiger partial charge on any atom is -0.497 e. The van der Waals surface area contributed by atoms with Crippen molar-refractivity contribution in [2.75, 3.05) is 26.7 Å². The van der Waals surface area contributed by atoms with Crippen LogP contribution in [-0.2, 0) is 11.3 Å². The van der Waals surface area contributed by atoms with Gasteiger partial charge >= 0.3 is 0 Å². The number of hydrogen-bond donors (Lipinski definition) is 2. The monoisotopic (exact) mass is 520 g/mol. The van der Waals surface area contributed by atoms with E-state index in [-0.39, 0.29) is 30.3 Å². The summed E-state index contributed by atoms with van der Waals surface area (Å²) in [6.45, 7) is 3.13. The molecule has 1 fully saturated rings. The summed E-state index contributed by atoms with van der Waals surface area (Å²) < 4.78 is 5.37. The minimum absolute atomic E-state index is 0.131. The Bertz CT molecular complexity index is 1230. The summed E-state index contributed by atoms with van der Waals surface area (Å²) >= 11 is 1.37. The Labute approximate surface area is 221 Å². The van der Waals surface area contributed by atoms with Gasteiger partial charge in [0, 0.05) is 31.7 Å². The molecule has 0 aliphatic carbocycles. The highest BCUT2D eigenvalue weighted by molar-refractivity contribution is 7.12. The van der Waals surface area contributed by atoms with E-state index in [9.17, 15) is 14.4 Å². The van der Waals surface area contributed by atoms with Crippen molar-refractivity contribution in [1.82, 2.24) is 15.1 Å². The summed E-state index contributed by atoms with van der Waals surface area (Å²) in [5, 5.41) is 4.69. The molecule has 1 aliphatic rings. The smallest absolute Gasteiger partial charge is 0.264 e. The first kappa shape index (κ1) is 26.4. The molecule has 3 N–H and O–H groups in total. The third-order valence-corrected chi connectivity index (χ3v) is 7.36. The highest BCUT2D eigenvalue weighted by Gasteiger charge is 2.43. The van der Waals surface area contributed by atoms with E-state index in [1.807, 2.05) is 54.8 Å². The summed E-state index contributed by atoms with van der Waals surface area (Å²) in [4.78, 5) is 44.3. The summed E-state index contributed by atoms with van der Waals surface area (Å²) in [5.74, 6) is 0.0647. The number of carbonyl (C=O) groups is 3. The maximum absolute atomic E-state index is 13.7. The van der Waals surface area contributed by atoms with Crippen LogP contribution in [0.15, 0.2) is 66.0 Å². The van der Waals surface area contributed by atoms with Crippen LogP contribution in [0.25, 0.3) is 0 Å². The molecule has 37 heavy (non-hydrogen) atoms. The van der Waals surface area contributed by atoms with Gasteiger partial charge < -0.3 is 25.6 Å². The van der Waals surface area contributed by atoms with Crippen LogP contribution in [0, 0.1) is 6.92 Å². The SMILES string of the molecule is COc1cccc(CN(C(=O)c2cccs2)C2CC(C(=O)NCCN)N(C(=O)c3ccc(C)cc3)C2)c1. The molecular formula is C28H32N4O4S. The standard InChI is InChI=1S/C28H32N4O4S/c1-19-8-10-21(11-9-19)27(34)32-18-22(16-24(32)26(33)30-13-12-29)31(28(35)25-7-4-14-37-25)17-20-5-3-6-23(15-20)36-2/h3-11,14-15,22,24H,12-13,16-18,29H2,1-2H3,(H,30,33). The van der Waals surface area contributed by atoms with E-state index < -0.39 is 6.04 Å². The Hall–Kier alpha value is -3.69. The molecule has 1 aliphatic heterocycles. The number of nitrogens with two attached hydrogens (primary N) is 1. The van der Waals surface area contributed by atoms with Crippen LogP contribution >= 0.6 is 11.3 Å². The predicted octanol–water partition coefficient (Wildman–Crippen LogP) is 3.07. The topological polar surface area (TPSA) is 105 Å². The lowest BCUT2D eigenvalue weighted by Crippen LogP contribution is -2.47. The van der Waals surface area contributed by atoms with Crippen molar-refractivity contribution in [2.45, 2.75) is 32.0 Å². The van der Waals surface area contributed by atoms with Crippen molar-refractivity contribution in [3.63, 3.8) is 0 Å². The summed E-state index contributed by atoms with van der Waals surface area (Å²) in [6.07, 6.45) is 0.328. The van der Waals surface area contributed by atoms with Gasteiger partial charge in [0.25, 0.3) is 11.8 Å². The number of hydrogen-bond acceptors (Lipinski definition) is 6. The number of carbonyl (C=O) groups excluding carboxylic acids is 3. The molecule has 9 heteroatoms. The molecule has 194 valence electrons. The highest BCUT2D eigenvalue weighted by Crippen LogP contribution is 2.29. The lowest BCUT2D eigenvalue weighted by molar-refractivity contribution is -0.124. The second-order valence-corrected chi connectivity index (χ2v) is 10.0. The van der Waals surface area contributed by atoms with Gasteiger partial charge in [0.2, 0.25) is 5.91 Å². The zero-order valence-corrected chi connectivity index (χ0v) is 21.9. The molecule has 8 nitrogen and oxygen atoms in total. The second-order valence-electron chi connectivity index (χ2n) is 9.07. The second kappa shape index (κ2) is 12.0. The predicted molar refractivity (Wildman–Crippen MR) is 144 cm³/mol. The number of methoxy groups -OCH3 is 1. The fourth-order valence-electron chi connectivity index (χ4n) is 4.56. The number of benzene rings is 2. The van der Waals surface area contributed by atoms with Gasteiger partial charge in [0.1, 0.15) is 11.8 Å². The third-order valence-electron chi connectivity index (χ3n) is 6.51. The van der Waals surface area contributed by atoms with E-state index in [2.05, 4.69) is 5.32 Å². The fraction of sp³-hybridized carbons (Fsp3) is 0.321. The average Bonchev–Trinajstić information content (AvgIpc) is 3.61. The van der Waals surface area contributed by atoms with Gasteiger partial charge in [-0.15, -0.1) is 11.3 Å². The van der Waals surface area contributed by atoms with Crippen LogP contribution in [0.1, 0.15) is 37.6 Å². The average molecular weight is 521 g/mol. The number of thiophene rings is 1. The largest absolute Gasteiger partial charge is 0.497 e. The van der Waals surface area contributed by atoms with Gasteiger partial charge in [-0.25, -0.2) is 0 Å². The lowest BCUT2D eigenvalue weighted by atomic mass is 10.1. The van der Waals surface area contributed by atoms with E-state index in [0.29, 0.717) is 42.2 Å². The van der Waals surface area contributed by atoms with Crippen LogP contribution in [-0.4, -0.2) is 66.3 Å². The first-order chi connectivity index (χ1) is 17.9. The molecule has 4 rings (SSSR count). The van der Waals surface area contributed by atoms with Crippen LogP contribution in [0.2, 0.25) is 0 Å². The molecule has 0 bridgehead atoms. The maximum atomic E-state index is 13.7. The Morgan fingerprint density at radius 2 is 1.92 bits per heavy atom.